The molecule has 1 fully saturated rings. The number of amides is 1. The molecule has 1 aromatic carbocycles. The quantitative estimate of drug-likeness (QED) is 0.883. The predicted molar refractivity (Wildman–Crippen MR) is 77.5 cm³/mol. The summed E-state index contributed by atoms with van der Waals surface area (Å²) in [6.07, 6.45) is 5.17. The van der Waals surface area contributed by atoms with Crippen molar-refractivity contribution in [1.82, 2.24) is 5.32 Å². The number of carbonyl (C=O) groups is 1. The summed E-state index contributed by atoms with van der Waals surface area (Å²) in [5.74, 6) is 0.282. The van der Waals surface area contributed by atoms with Crippen LogP contribution in [0.3, 0.4) is 0 Å². The predicted octanol–water partition coefficient (Wildman–Crippen LogP) is 2.42. The lowest BCUT2D eigenvalue weighted by Gasteiger charge is -2.30. The minimum atomic E-state index is 0.282. The molecule has 0 aromatic heterocycles. The van der Waals surface area contributed by atoms with E-state index in [1.54, 1.807) is 0 Å². The highest BCUT2D eigenvalue weighted by Gasteiger charge is 2.25. The van der Waals surface area contributed by atoms with Crippen LogP contribution in [0.5, 0.6) is 0 Å². The third-order valence-corrected chi connectivity index (χ3v) is 4.24. The second-order valence-corrected chi connectivity index (χ2v) is 5.78. The zero-order valence-electron chi connectivity index (χ0n) is 11.6. The van der Waals surface area contributed by atoms with Crippen molar-refractivity contribution in [1.29, 1.82) is 0 Å². The van der Waals surface area contributed by atoms with Gasteiger partial charge < -0.3 is 10.2 Å². The van der Waals surface area contributed by atoms with Crippen LogP contribution < -0.4 is 10.2 Å². The van der Waals surface area contributed by atoms with Crippen molar-refractivity contribution in [2.45, 2.75) is 45.1 Å². The molecule has 3 nitrogen and oxygen atoms in total. The number of hydrogen-bond acceptors (Lipinski definition) is 2. The topological polar surface area (TPSA) is 32.3 Å². The first-order valence-corrected chi connectivity index (χ1v) is 7.37. The number of aryl methyl sites for hydroxylation is 2. The molecule has 1 amide bonds. The molecular weight excluding hydrogens is 236 g/mol. The number of fused-ring (bicyclic) bond motifs is 1. The SMILES string of the molecule is Cc1ccc2c(c1)CCCN2C(=O)CC1CCCN1. The largest absolute Gasteiger partial charge is 0.313 e. The van der Waals surface area contributed by atoms with Crippen LogP contribution in [0.15, 0.2) is 18.2 Å². The number of nitrogens with zero attached hydrogens (tertiary/aromatic N) is 1. The van der Waals surface area contributed by atoms with Gasteiger partial charge in [0.2, 0.25) is 5.91 Å². The van der Waals surface area contributed by atoms with Gasteiger partial charge in [0.15, 0.2) is 0 Å². The van der Waals surface area contributed by atoms with Crippen LogP contribution in [0.25, 0.3) is 0 Å². The van der Waals surface area contributed by atoms with E-state index in [4.69, 9.17) is 0 Å². The molecule has 19 heavy (non-hydrogen) atoms. The molecule has 1 N–H and O–H groups in total. The van der Waals surface area contributed by atoms with Crippen molar-refractivity contribution in [3.63, 3.8) is 0 Å². The van der Waals surface area contributed by atoms with Crippen molar-refractivity contribution in [3.8, 4) is 0 Å². The van der Waals surface area contributed by atoms with Gasteiger partial charge >= 0.3 is 0 Å². The van der Waals surface area contributed by atoms with E-state index in [0.717, 1.165) is 38.0 Å². The van der Waals surface area contributed by atoms with Gasteiger partial charge in [0, 0.05) is 24.7 Å². The van der Waals surface area contributed by atoms with Gasteiger partial charge in [0.25, 0.3) is 0 Å². The van der Waals surface area contributed by atoms with Crippen molar-refractivity contribution >= 4 is 11.6 Å². The van der Waals surface area contributed by atoms with E-state index in [-0.39, 0.29) is 5.91 Å². The van der Waals surface area contributed by atoms with Crippen LogP contribution in [-0.2, 0) is 11.2 Å². The van der Waals surface area contributed by atoms with Gasteiger partial charge in [0.05, 0.1) is 0 Å². The highest BCUT2D eigenvalue weighted by Crippen LogP contribution is 2.29. The molecule has 1 saturated heterocycles. The molecule has 3 rings (SSSR count). The number of benzene rings is 1. The van der Waals surface area contributed by atoms with Crippen LogP contribution in [0.1, 0.15) is 36.8 Å². The van der Waals surface area contributed by atoms with Gasteiger partial charge in [-0.3, -0.25) is 4.79 Å². The maximum Gasteiger partial charge on any atom is 0.228 e. The third kappa shape index (κ3) is 2.66. The van der Waals surface area contributed by atoms with Crippen LogP contribution in [-0.4, -0.2) is 25.0 Å². The summed E-state index contributed by atoms with van der Waals surface area (Å²) in [5.41, 5.74) is 3.75. The Morgan fingerprint density at radius 1 is 1.42 bits per heavy atom. The van der Waals surface area contributed by atoms with Gasteiger partial charge in [-0.05, 0) is 50.8 Å². The van der Waals surface area contributed by atoms with E-state index in [2.05, 4.69) is 30.4 Å². The molecular formula is C16H22N2O. The molecule has 2 aliphatic rings. The Morgan fingerprint density at radius 2 is 2.32 bits per heavy atom. The van der Waals surface area contributed by atoms with E-state index in [1.165, 1.54) is 17.5 Å². The van der Waals surface area contributed by atoms with E-state index in [9.17, 15) is 4.79 Å². The molecule has 0 radical (unpaired) electrons. The Labute approximate surface area is 115 Å². The second-order valence-electron chi connectivity index (χ2n) is 5.78. The number of anilines is 1. The summed E-state index contributed by atoms with van der Waals surface area (Å²) >= 11 is 0. The van der Waals surface area contributed by atoms with Gasteiger partial charge in [-0.1, -0.05) is 17.7 Å². The Kier molecular flexibility index (Phi) is 3.56. The van der Waals surface area contributed by atoms with Gasteiger partial charge in [0.1, 0.15) is 0 Å². The summed E-state index contributed by atoms with van der Waals surface area (Å²) in [4.78, 5) is 14.5. The number of rotatable bonds is 2. The Morgan fingerprint density at radius 3 is 3.11 bits per heavy atom. The molecule has 0 spiro atoms. The molecule has 1 aromatic rings. The average molecular weight is 258 g/mol. The zero-order valence-corrected chi connectivity index (χ0v) is 11.6. The normalized spacial score (nSPS) is 22.4. The molecule has 102 valence electrons. The van der Waals surface area contributed by atoms with Gasteiger partial charge in [-0.15, -0.1) is 0 Å². The molecule has 1 atom stereocenters. The minimum absolute atomic E-state index is 0.282. The minimum Gasteiger partial charge on any atom is -0.313 e. The second kappa shape index (κ2) is 5.33. The van der Waals surface area contributed by atoms with E-state index in [1.807, 2.05) is 4.90 Å². The Balaban J connectivity index is 1.76. The molecule has 3 heteroatoms. The summed E-state index contributed by atoms with van der Waals surface area (Å²) < 4.78 is 0. The standard InChI is InChI=1S/C16H22N2O/c1-12-6-7-15-13(10-12)4-3-9-18(15)16(19)11-14-5-2-8-17-14/h6-7,10,14,17H,2-5,8-9,11H2,1H3. The molecule has 2 heterocycles. The molecule has 0 bridgehead atoms. The third-order valence-electron chi connectivity index (χ3n) is 4.24. The molecule has 0 saturated carbocycles. The van der Waals surface area contributed by atoms with E-state index in [0.29, 0.717) is 12.5 Å². The lowest BCUT2D eigenvalue weighted by molar-refractivity contribution is -0.119. The average Bonchev–Trinajstić information content (AvgIpc) is 2.90. The Bertz CT molecular complexity index is 478. The summed E-state index contributed by atoms with van der Waals surface area (Å²) in [5, 5.41) is 3.41. The van der Waals surface area contributed by atoms with E-state index < -0.39 is 0 Å². The first-order chi connectivity index (χ1) is 9.24. The van der Waals surface area contributed by atoms with Crippen LogP contribution in [0.2, 0.25) is 0 Å². The first-order valence-electron chi connectivity index (χ1n) is 7.37. The highest BCUT2D eigenvalue weighted by atomic mass is 16.2. The number of nitrogens with one attached hydrogen (secondary N) is 1. The van der Waals surface area contributed by atoms with Gasteiger partial charge in [-0.25, -0.2) is 0 Å². The number of hydrogen-bond donors (Lipinski definition) is 1. The smallest absolute Gasteiger partial charge is 0.228 e. The van der Waals surface area contributed by atoms with Crippen LogP contribution >= 0.6 is 0 Å². The lowest BCUT2D eigenvalue weighted by atomic mass is 9.99. The highest BCUT2D eigenvalue weighted by molar-refractivity contribution is 5.95. The summed E-state index contributed by atoms with van der Waals surface area (Å²) in [7, 11) is 0. The van der Waals surface area contributed by atoms with Crippen molar-refractivity contribution in [3.05, 3.63) is 29.3 Å². The fourth-order valence-corrected chi connectivity index (χ4v) is 3.24. The van der Waals surface area contributed by atoms with E-state index >= 15 is 0 Å². The van der Waals surface area contributed by atoms with Crippen LogP contribution in [0.4, 0.5) is 5.69 Å². The summed E-state index contributed by atoms with van der Waals surface area (Å²) in [6.45, 7) is 4.05. The monoisotopic (exact) mass is 258 g/mol. The maximum absolute atomic E-state index is 12.5. The first kappa shape index (κ1) is 12.7. The van der Waals surface area contributed by atoms with Crippen LogP contribution in [0, 0.1) is 6.92 Å². The molecule has 2 aliphatic heterocycles. The van der Waals surface area contributed by atoms with Crippen molar-refractivity contribution in [2.75, 3.05) is 18.0 Å². The lowest BCUT2D eigenvalue weighted by Crippen LogP contribution is -2.39. The molecule has 0 aliphatic carbocycles. The van der Waals surface area contributed by atoms with Gasteiger partial charge in [-0.2, -0.15) is 0 Å². The fourth-order valence-electron chi connectivity index (χ4n) is 3.24. The Hall–Kier alpha value is -1.35. The van der Waals surface area contributed by atoms with Crippen molar-refractivity contribution < 1.29 is 4.79 Å². The summed E-state index contributed by atoms with van der Waals surface area (Å²) in [6, 6.07) is 6.84. The van der Waals surface area contributed by atoms with Crippen molar-refractivity contribution in [2.24, 2.45) is 0 Å². The maximum atomic E-state index is 12.5. The number of carbonyl (C=O) groups excluding carboxylic acids is 1. The fraction of sp³-hybridized carbons (Fsp3) is 0.562. The molecule has 1 unspecified atom stereocenters. The zero-order chi connectivity index (χ0) is 13.2.